The van der Waals surface area contributed by atoms with Crippen molar-refractivity contribution in [1.82, 2.24) is 5.06 Å². The lowest BCUT2D eigenvalue weighted by atomic mass is 10.1. The molecular formula is C17H12FNO5. The van der Waals surface area contributed by atoms with Gasteiger partial charge in [-0.2, -0.15) is 0 Å². The smallest absolute Gasteiger partial charge is 0.367 e. The lowest BCUT2D eigenvalue weighted by Crippen LogP contribution is -2.32. The number of carbonyl (C=O) groups excluding carboxylic acids is 3. The van der Waals surface area contributed by atoms with Crippen molar-refractivity contribution in [2.75, 3.05) is 6.61 Å². The van der Waals surface area contributed by atoms with Gasteiger partial charge < -0.3 is 9.57 Å². The number of imide groups is 1. The van der Waals surface area contributed by atoms with Gasteiger partial charge in [0.2, 0.25) is 0 Å². The molecule has 0 aliphatic carbocycles. The molecule has 7 heteroatoms. The van der Waals surface area contributed by atoms with Crippen LogP contribution >= 0.6 is 0 Å². The van der Waals surface area contributed by atoms with Gasteiger partial charge in [0.25, 0.3) is 11.8 Å². The Kier molecular flexibility index (Phi) is 3.99. The van der Waals surface area contributed by atoms with Crippen LogP contribution in [0.15, 0.2) is 42.5 Å². The van der Waals surface area contributed by atoms with Crippen molar-refractivity contribution in [2.24, 2.45) is 0 Å². The maximum absolute atomic E-state index is 13.8. The Balaban J connectivity index is 1.88. The van der Waals surface area contributed by atoms with E-state index in [-0.39, 0.29) is 29.0 Å². The fourth-order valence-electron chi connectivity index (χ4n) is 2.34. The van der Waals surface area contributed by atoms with Gasteiger partial charge in [0.15, 0.2) is 11.6 Å². The Bertz CT molecular complexity index is 814. The molecule has 122 valence electrons. The number of halogens is 1. The molecule has 0 fully saturated rings. The SMILES string of the molecule is CCOc1c(F)cccc1C(=O)ON1C(=O)c2ccccc2C1=O. The maximum atomic E-state index is 13.8. The quantitative estimate of drug-likeness (QED) is 0.806. The Morgan fingerprint density at radius 1 is 1.04 bits per heavy atom. The van der Waals surface area contributed by atoms with Crippen molar-refractivity contribution in [2.45, 2.75) is 6.92 Å². The van der Waals surface area contributed by atoms with Crippen molar-refractivity contribution in [3.8, 4) is 5.75 Å². The summed E-state index contributed by atoms with van der Waals surface area (Å²) in [7, 11) is 0. The second-order valence-electron chi connectivity index (χ2n) is 4.88. The lowest BCUT2D eigenvalue weighted by molar-refractivity contribution is -0.0586. The molecule has 1 heterocycles. The van der Waals surface area contributed by atoms with Crippen molar-refractivity contribution in [3.63, 3.8) is 0 Å². The van der Waals surface area contributed by atoms with E-state index >= 15 is 0 Å². The molecule has 0 radical (unpaired) electrons. The summed E-state index contributed by atoms with van der Waals surface area (Å²) < 4.78 is 18.9. The van der Waals surface area contributed by atoms with Crippen LogP contribution in [0.5, 0.6) is 5.75 Å². The number of rotatable bonds is 4. The monoisotopic (exact) mass is 329 g/mol. The van der Waals surface area contributed by atoms with Gasteiger partial charge in [-0.1, -0.05) is 23.3 Å². The molecule has 1 aliphatic heterocycles. The number of carbonyl (C=O) groups is 3. The third-order valence-electron chi connectivity index (χ3n) is 3.41. The van der Waals surface area contributed by atoms with E-state index in [1.54, 1.807) is 19.1 Å². The van der Waals surface area contributed by atoms with Crippen LogP contribution in [0.3, 0.4) is 0 Å². The van der Waals surface area contributed by atoms with Crippen molar-refractivity contribution in [3.05, 3.63) is 65.0 Å². The zero-order valence-electron chi connectivity index (χ0n) is 12.6. The van der Waals surface area contributed by atoms with Gasteiger partial charge >= 0.3 is 5.97 Å². The molecule has 0 aromatic heterocycles. The minimum atomic E-state index is -1.06. The van der Waals surface area contributed by atoms with Crippen LogP contribution in [-0.2, 0) is 4.84 Å². The van der Waals surface area contributed by atoms with Gasteiger partial charge in [0, 0.05) is 0 Å². The highest BCUT2D eigenvalue weighted by Crippen LogP contribution is 2.27. The maximum Gasteiger partial charge on any atom is 0.367 e. The number of hydrogen-bond acceptors (Lipinski definition) is 5. The molecule has 2 aromatic rings. The van der Waals surface area contributed by atoms with Gasteiger partial charge in [-0.3, -0.25) is 9.59 Å². The highest BCUT2D eigenvalue weighted by atomic mass is 19.1. The second-order valence-corrected chi connectivity index (χ2v) is 4.88. The fourth-order valence-corrected chi connectivity index (χ4v) is 2.34. The Morgan fingerprint density at radius 2 is 1.67 bits per heavy atom. The van der Waals surface area contributed by atoms with Crippen LogP contribution in [0, 0.1) is 5.82 Å². The molecule has 24 heavy (non-hydrogen) atoms. The summed E-state index contributed by atoms with van der Waals surface area (Å²) in [6.07, 6.45) is 0. The van der Waals surface area contributed by atoms with Gasteiger partial charge in [0.1, 0.15) is 5.56 Å². The fraction of sp³-hybridized carbons (Fsp3) is 0.118. The predicted octanol–water partition coefficient (Wildman–Crippen LogP) is 2.59. The molecule has 2 amide bonds. The topological polar surface area (TPSA) is 72.9 Å². The molecule has 6 nitrogen and oxygen atoms in total. The van der Waals surface area contributed by atoms with Gasteiger partial charge in [-0.25, -0.2) is 9.18 Å². The zero-order chi connectivity index (χ0) is 17.3. The van der Waals surface area contributed by atoms with Crippen LogP contribution in [0.25, 0.3) is 0 Å². The predicted molar refractivity (Wildman–Crippen MR) is 79.9 cm³/mol. The van der Waals surface area contributed by atoms with E-state index in [1.807, 2.05) is 0 Å². The number of hydrogen-bond donors (Lipinski definition) is 0. The van der Waals surface area contributed by atoms with Crippen LogP contribution in [0.1, 0.15) is 38.0 Å². The van der Waals surface area contributed by atoms with E-state index < -0.39 is 23.6 Å². The minimum absolute atomic E-state index is 0.133. The molecule has 0 saturated heterocycles. The van der Waals surface area contributed by atoms with Crippen molar-refractivity contribution >= 4 is 17.8 Å². The van der Waals surface area contributed by atoms with E-state index in [2.05, 4.69) is 0 Å². The average molecular weight is 329 g/mol. The summed E-state index contributed by atoms with van der Waals surface area (Å²) in [5.74, 6) is -3.60. The molecule has 2 aromatic carbocycles. The van der Waals surface area contributed by atoms with Crippen molar-refractivity contribution in [1.29, 1.82) is 0 Å². The van der Waals surface area contributed by atoms with Crippen LogP contribution in [-0.4, -0.2) is 29.5 Å². The first-order valence-electron chi connectivity index (χ1n) is 7.16. The molecule has 3 rings (SSSR count). The molecule has 0 atom stereocenters. The second kappa shape index (κ2) is 6.11. The van der Waals surface area contributed by atoms with Crippen LogP contribution < -0.4 is 4.74 Å². The molecule has 0 bridgehead atoms. The highest BCUT2D eigenvalue weighted by molar-refractivity contribution is 6.21. The largest absolute Gasteiger partial charge is 0.490 e. The first-order chi connectivity index (χ1) is 11.5. The summed E-state index contributed by atoms with van der Waals surface area (Å²) in [5.41, 5.74) is 0.0625. The Hall–Kier alpha value is -3.22. The van der Waals surface area contributed by atoms with E-state index in [0.29, 0.717) is 5.06 Å². The minimum Gasteiger partial charge on any atom is -0.490 e. The first kappa shape index (κ1) is 15.7. The number of hydroxylamine groups is 2. The molecular weight excluding hydrogens is 317 g/mol. The standard InChI is InChI=1S/C17H12FNO5/c1-2-23-14-12(8-5-9-13(14)18)17(22)24-19-15(20)10-6-3-4-7-11(10)16(19)21/h3-9H,2H2,1H3. The third kappa shape index (κ3) is 2.50. The summed E-state index contributed by atoms with van der Waals surface area (Å²) in [5, 5.41) is 0.369. The van der Waals surface area contributed by atoms with E-state index in [1.165, 1.54) is 24.3 Å². The van der Waals surface area contributed by atoms with Crippen molar-refractivity contribution < 1.29 is 28.3 Å². The van der Waals surface area contributed by atoms with Gasteiger partial charge in [-0.15, -0.1) is 0 Å². The number of fused-ring (bicyclic) bond motifs is 1. The van der Waals surface area contributed by atoms with Crippen LogP contribution in [0.2, 0.25) is 0 Å². The number of nitrogens with zero attached hydrogens (tertiary/aromatic N) is 1. The lowest BCUT2D eigenvalue weighted by Gasteiger charge is -2.14. The number of benzene rings is 2. The van der Waals surface area contributed by atoms with E-state index in [0.717, 1.165) is 6.07 Å². The molecule has 0 N–H and O–H groups in total. The summed E-state index contributed by atoms with van der Waals surface area (Å²) >= 11 is 0. The number of ether oxygens (including phenoxy) is 1. The number of amides is 2. The summed E-state index contributed by atoms with van der Waals surface area (Å²) in [6.45, 7) is 1.76. The van der Waals surface area contributed by atoms with Gasteiger partial charge in [0.05, 0.1) is 17.7 Å². The molecule has 0 unspecified atom stereocenters. The Morgan fingerprint density at radius 3 is 2.25 bits per heavy atom. The van der Waals surface area contributed by atoms with E-state index in [4.69, 9.17) is 9.57 Å². The molecule has 0 spiro atoms. The Labute approximate surface area is 136 Å². The van der Waals surface area contributed by atoms with Gasteiger partial charge in [-0.05, 0) is 31.2 Å². The third-order valence-corrected chi connectivity index (χ3v) is 3.41. The summed E-state index contributed by atoms with van der Waals surface area (Å²) in [4.78, 5) is 41.5. The zero-order valence-corrected chi connectivity index (χ0v) is 12.6. The van der Waals surface area contributed by atoms with E-state index in [9.17, 15) is 18.8 Å². The number of para-hydroxylation sites is 1. The highest BCUT2D eigenvalue weighted by Gasteiger charge is 2.39. The molecule has 1 aliphatic rings. The average Bonchev–Trinajstić information content (AvgIpc) is 2.82. The molecule has 0 saturated carbocycles. The normalized spacial score (nSPS) is 13.0. The first-order valence-corrected chi connectivity index (χ1v) is 7.16. The van der Waals surface area contributed by atoms with Crippen LogP contribution in [0.4, 0.5) is 4.39 Å². The summed E-state index contributed by atoms with van der Waals surface area (Å²) in [6, 6.07) is 9.81.